The average molecular weight is 214 g/mol. The Hall–Kier alpha value is -0.0800. The first-order valence-corrected chi connectivity index (χ1v) is 6.17. The third-order valence-electron chi connectivity index (χ3n) is 4.37. The Morgan fingerprint density at radius 1 is 1.07 bits per heavy atom. The Balaban J connectivity index is 4.03. The van der Waals surface area contributed by atoms with Crippen LogP contribution in [0.25, 0.3) is 0 Å². The molecular formula is C13H30N2. The second-order valence-corrected chi connectivity index (χ2v) is 6.32. The minimum absolute atomic E-state index is 0.374. The first-order valence-electron chi connectivity index (χ1n) is 6.17. The van der Waals surface area contributed by atoms with Gasteiger partial charge in [0, 0.05) is 6.54 Å². The first kappa shape index (κ1) is 14.9. The third kappa shape index (κ3) is 4.52. The maximum Gasteiger partial charge on any atom is 0.00974 e. The number of hydrazine groups is 1. The van der Waals surface area contributed by atoms with Crippen LogP contribution in [-0.2, 0) is 0 Å². The van der Waals surface area contributed by atoms with Crippen molar-refractivity contribution >= 4 is 0 Å². The molecule has 1 unspecified atom stereocenters. The first-order chi connectivity index (χ1) is 6.73. The van der Waals surface area contributed by atoms with E-state index in [2.05, 4.69) is 47.0 Å². The Morgan fingerprint density at radius 2 is 1.60 bits per heavy atom. The fourth-order valence-electron chi connectivity index (χ4n) is 1.78. The molecular weight excluding hydrogens is 184 g/mol. The molecule has 0 aromatic rings. The molecule has 0 bridgehead atoms. The van der Waals surface area contributed by atoms with Crippen molar-refractivity contribution in [2.75, 3.05) is 6.54 Å². The summed E-state index contributed by atoms with van der Waals surface area (Å²) in [7, 11) is 0. The van der Waals surface area contributed by atoms with E-state index in [1.54, 1.807) is 0 Å². The molecule has 0 aliphatic rings. The number of hydrogen-bond donors (Lipinski definition) is 2. The van der Waals surface area contributed by atoms with Gasteiger partial charge in [-0.3, -0.25) is 11.3 Å². The smallest absolute Gasteiger partial charge is 0.00974 e. The highest BCUT2D eigenvalue weighted by Crippen LogP contribution is 2.45. The molecule has 0 aromatic carbocycles. The number of unbranched alkanes of at least 4 members (excludes halogenated alkanes) is 1. The Bertz CT molecular complexity index is 168. The lowest BCUT2D eigenvalue weighted by Crippen LogP contribution is -2.35. The van der Waals surface area contributed by atoms with E-state index in [9.17, 15) is 0 Å². The zero-order chi connectivity index (χ0) is 12.1. The second kappa shape index (κ2) is 5.86. The molecule has 1 atom stereocenters. The third-order valence-corrected chi connectivity index (χ3v) is 4.37. The van der Waals surface area contributed by atoms with Crippen molar-refractivity contribution in [2.45, 2.75) is 60.8 Å². The summed E-state index contributed by atoms with van der Waals surface area (Å²) < 4.78 is 0. The van der Waals surface area contributed by atoms with Crippen LogP contribution in [0.15, 0.2) is 0 Å². The molecule has 2 heteroatoms. The van der Waals surface area contributed by atoms with Crippen molar-refractivity contribution in [3.63, 3.8) is 0 Å². The summed E-state index contributed by atoms with van der Waals surface area (Å²) in [6, 6.07) is 0. The van der Waals surface area contributed by atoms with Crippen LogP contribution in [0, 0.1) is 16.7 Å². The molecule has 0 rings (SSSR count). The van der Waals surface area contributed by atoms with E-state index in [1.165, 1.54) is 19.3 Å². The molecule has 0 amide bonds. The molecule has 0 saturated heterocycles. The number of hydrogen-bond acceptors (Lipinski definition) is 2. The fourth-order valence-corrected chi connectivity index (χ4v) is 1.78. The van der Waals surface area contributed by atoms with Crippen LogP contribution in [0.3, 0.4) is 0 Å². The predicted molar refractivity (Wildman–Crippen MR) is 68.4 cm³/mol. The van der Waals surface area contributed by atoms with E-state index >= 15 is 0 Å². The largest absolute Gasteiger partial charge is 0.271 e. The highest BCUT2D eigenvalue weighted by atomic mass is 15.2. The summed E-state index contributed by atoms with van der Waals surface area (Å²) in [5.41, 5.74) is 3.48. The van der Waals surface area contributed by atoms with Gasteiger partial charge in [0.05, 0.1) is 0 Å². The molecule has 0 aromatic heterocycles. The Morgan fingerprint density at radius 3 is 2.00 bits per heavy atom. The summed E-state index contributed by atoms with van der Waals surface area (Å²) in [5, 5.41) is 0. The van der Waals surface area contributed by atoms with E-state index in [0.29, 0.717) is 10.8 Å². The maximum absolute atomic E-state index is 5.25. The summed E-state index contributed by atoms with van der Waals surface area (Å²) >= 11 is 0. The molecule has 0 radical (unpaired) electrons. The summed E-state index contributed by atoms with van der Waals surface area (Å²) in [4.78, 5) is 0. The molecule has 3 N–H and O–H groups in total. The van der Waals surface area contributed by atoms with Gasteiger partial charge in [-0.05, 0) is 23.2 Å². The van der Waals surface area contributed by atoms with Gasteiger partial charge in [-0.1, -0.05) is 54.4 Å². The fraction of sp³-hybridized carbons (Fsp3) is 1.00. The van der Waals surface area contributed by atoms with Gasteiger partial charge in [0.15, 0.2) is 0 Å². The van der Waals surface area contributed by atoms with Crippen molar-refractivity contribution in [3.05, 3.63) is 0 Å². The normalized spacial score (nSPS) is 15.4. The Kier molecular flexibility index (Phi) is 5.82. The quantitative estimate of drug-likeness (QED) is 0.404. The van der Waals surface area contributed by atoms with Gasteiger partial charge in [-0.25, -0.2) is 0 Å². The van der Waals surface area contributed by atoms with Gasteiger partial charge in [0.1, 0.15) is 0 Å². The van der Waals surface area contributed by atoms with Crippen molar-refractivity contribution in [3.8, 4) is 0 Å². The maximum atomic E-state index is 5.25. The molecule has 0 aliphatic carbocycles. The van der Waals surface area contributed by atoms with Gasteiger partial charge in [0.25, 0.3) is 0 Å². The lowest BCUT2D eigenvalue weighted by atomic mass is 9.61. The van der Waals surface area contributed by atoms with Gasteiger partial charge < -0.3 is 0 Å². The van der Waals surface area contributed by atoms with E-state index < -0.39 is 0 Å². The molecule has 0 spiro atoms. The van der Waals surface area contributed by atoms with Gasteiger partial charge in [-0.2, -0.15) is 0 Å². The highest BCUT2D eigenvalue weighted by Gasteiger charge is 2.36. The van der Waals surface area contributed by atoms with Crippen molar-refractivity contribution in [1.29, 1.82) is 0 Å². The minimum atomic E-state index is 0.374. The van der Waals surface area contributed by atoms with E-state index in [-0.39, 0.29) is 0 Å². The summed E-state index contributed by atoms with van der Waals surface area (Å²) in [6.07, 6.45) is 3.75. The van der Waals surface area contributed by atoms with Crippen LogP contribution >= 0.6 is 0 Å². The van der Waals surface area contributed by atoms with E-state index in [1.807, 2.05) is 0 Å². The Labute approximate surface area is 96.0 Å². The zero-order valence-corrected chi connectivity index (χ0v) is 11.5. The monoisotopic (exact) mass is 214 g/mol. The van der Waals surface area contributed by atoms with Crippen molar-refractivity contribution in [2.24, 2.45) is 22.6 Å². The molecule has 0 heterocycles. The standard InChI is InChI=1S/C13H30N2/c1-11(9-7-8-10-15-14)13(5,6)12(2,3)4/h11,15H,7-10,14H2,1-6H3. The van der Waals surface area contributed by atoms with Crippen molar-refractivity contribution < 1.29 is 0 Å². The van der Waals surface area contributed by atoms with Crippen molar-refractivity contribution in [1.82, 2.24) is 5.43 Å². The SMILES string of the molecule is CC(CCCCNN)C(C)(C)C(C)(C)C. The number of nitrogens with one attached hydrogen (secondary N) is 1. The van der Waals surface area contributed by atoms with Crippen LogP contribution in [-0.4, -0.2) is 6.54 Å². The van der Waals surface area contributed by atoms with Gasteiger partial charge in [-0.15, -0.1) is 0 Å². The van der Waals surface area contributed by atoms with Crippen LogP contribution in [0.5, 0.6) is 0 Å². The molecule has 0 saturated carbocycles. The lowest BCUT2D eigenvalue weighted by Gasteiger charge is -2.44. The molecule has 15 heavy (non-hydrogen) atoms. The number of rotatable bonds is 6. The van der Waals surface area contributed by atoms with E-state index in [0.717, 1.165) is 12.5 Å². The summed E-state index contributed by atoms with van der Waals surface area (Å²) in [6.45, 7) is 15.1. The van der Waals surface area contributed by atoms with Gasteiger partial charge >= 0.3 is 0 Å². The van der Waals surface area contributed by atoms with Crippen LogP contribution < -0.4 is 11.3 Å². The lowest BCUT2D eigenvalue weighted by molar-refractivity contribution is 0.0579. The topological polar surface area (TPSA) is 38.0 Å². The zero-order valence-electron chi connectivity index (χ0n) is 11.5. The molecule has 92 valence electrons. The second-order valence-electron chi connectivity index (χ2n) is 6.32. The van der Waals surface area contributed by atoms with E-state index in [4.69, 9.17) is 5.84 Å². The van der Waals surface area contributed by atoms with Crippen LogP contribution in [0.1, 0.15) is 60.8 Å². The van der Waals surface area contributed by atoms with Crippen LogP contribution in [0.2, 0.25) is 0 Å². The summed E-state index contributed by atoms with van der Waals surface area (Å²) in [5.74, 6) is 6.01. The van der Waals surface area contributed by atoms with Crippen LogP contribution in [0.4, 0.5) is 0 Å². The predicted octanol–water partition coefficient (Wildman–Crippen LogP) is 3.33. The average Bonchev–Trinajstić information content (AvgIpc) is 2.10. The minimum Gasteiger partial charge on any atom is -0.271 e. The highest BCUT2D eigenvalue weighted by molar-refractivity contribution is 4.86. The molecule has 2 nitrogen and oxygen atoms in total. The van der Waals surface area contributed by atoms with Gasteiger partial charge in [0.2, 0.25) is 0 Å². The molecule has 0 aliphatic heterocycles. The number of nitrogens with two attached hydrogens (primary N) is 1. The molecule has 0 fully saturated rings.